The van der Waals surface area contributed by atoms with Crippen LogP contribution in [0.25, 0.3) is 11.0 Å². The molecule has 1 aromatic carbocycles. The van der Waals surface area contributed by atoms with E-state index in [4.69, 9.17) is 0 Å². The van der Waals surface area contributed by atoms with Gasteiger partial charge >= 0.3 is 6.03 Å². The second kappa shape index (κ2) is 7.43. The first-order valence-electron chi connectivity index (χ1n) is 8.34. The highest BCUT2D eigenvalue weighted by Crippen LogP contribution is 2.19. The minimum Gasteiger partial charge on any atom is -0.319 e. The summed E-state index contributed by atoms with van der Waals surface area (Å²) in [4.78, 5) is 19.5. The predicted molar refractivity (Wildman–Crippen MR) is 91.1 cm³/mol. The van der Waals surface area contributed by atoms with Crippen LogP contribution in [0, 0.1) is 0 Å². The second-order valence-electron chi connectivity index (χ2n) is 6.07. The Morgan fingerprint density at radius 3 is 2.32 bits per heavy atom. The third kappa shape index (κ3) is 3.32. The zero-order valence-corrected chi connectivity index (χ0v) is 14.1. The summed E-state index contributed by atoms with van der Waals surface area (Å²) in [6, 6.07) is 8.29. The molecule has 0 saturated carbocycles. The van der Waals surface area contributed by atoms with Gasteiger partial charge in [0.25, 0.3) is 0 Å². The van der Waals surface area contributed by atoms with E-state index in [9.17, 15) is 4.79 Å². The van der Waals surface area contributed by atoms with E-state index in [1.54, 1.807) is 10.9 Å². The molecule has 1 amide bonds. The first-order chi connectivity index (χ1) is 10.6. The average molecular weight is 301 g/mol. The van der Waals surface area contributed by atoms with Gasteiger partial charge in [-0.15, -0.1) is 0 Å². The lowest BCUT2D eigenvalue weighted by Crippen LogP contribution is -2.46. The minimum absolute atomic E-state index is 0.0376. The van der Waals surface area contributed by atoms with Crippen LogP contribution in [0.15, 0.2) is 30.6 Å². The van der Waals surface area contributed by atoms with Crippen molar-refractivity contribution in [2.75, 3.05) is 0 Å². The number of hydrogen-bond acceptors (Lipinski definition) is 2. The molecule has 0 N–H and O–H groups in total. The standard InChI is InChI=1S/C18H27N3O/c1-5-9-14(3)21(15(4)10-6-2)18(22)20-13-19-16-11-7-8-12-17(16)20/h7-8,11-15H,5-6,9-10H2,1-4H3. The van der Waals surface area contributed by atoms with Gasteiger partial charge in [0.2, 0.25) is 0 Å². The first-order valence-corrected chi connectivity index (χ1v) is 8.34. The number of aromatic nitrogens is 2. The van der Waals surface area contributed by atoms with E-state index in [1.807, 2.05) is 29.2 Å². The SMILES string of the molecule is CCCC(C)N(C(=O)n1cnc2ccccc21)C(C)CCC. The summed E-state index contributed by atoms with van der Waals surface area (Å²) in [6.07, 6.45) is 5.85. The number of hydrogen-bond donors (Lipinski definition) is 0. The number of benzene rings is 1. The Labute approximate surface area is 133 Å². The maximum atomic E-state index is 13.1. The molecular weight excluding hydrogens is 274 g/mol. The van der Waals surface area contributed by atoms with Gasteiger partial charge in [-0.05, 0) is 38.8 Å². The first kappa shape index (κ1) is 16.5. The molecule has 1 aromatic heterocycles. The number of carbonyl (C=O) groups excluding carboxylic acids is 1. The third-order valence-corrected chi connectivity index (χ3v) is 4.24. The lowest BCUT2D eigenvalue weighted by Gasteiger charge is -2.34. The molecule has 0 aliphatic carbocycles. The summed E-state index contributed by atoms with van der Waals surface area (Å²) in [5, 5.41) is 0. The van der Waals surface area contributed by atoms with E-state index in [2.05, 4.69) is 32.7 Å². The van der Waals surface area contributed by atoms with Crippen molar-refractivity contribution in [3.8, 4) is 0 Å². The van der Waals surface area contributed by atoms with E-state index >= 15 is 0 Å². The van der Waals surface area contributed by atoms with Crippen molar-refractivity contribution >= 4 is 17.1 Å². The molecular formula is C18H27N3O. The summed E-state index contributed by atoms with van der Waals surface area (Å²) >= 11 is 0. The fourth-order valence-corrected chi connectivity index (χ4v) is 3.16. The van der Waals surface area contributed by atoms with Gasteiger partial charge in [-0.25, -0.2) is 9.78 Å². The van der Waals surface area contributed by atoms with Gasteiger partial charge in [-0.1, -0.05) is 38.8 Å². The molecule has 0 saturated heterocycles. The fraction of sp³-hybridized carbons (Fsp3) is 0.556. The van der Waals surface area contributed by atoms with Crippen LogP contribution < -0.4 is 0 Å². The van der Waals surface area contributed by atoms with Crippen molar-refractivity contribution in [3.05, 3.63) is 30.6 Å². The van der Waals surface area contributed by atoms with Crippen LogP contribution in [-0.2, 0) is 0 Å². The lowest BCUT2D eigenvalue weighted by atomic mass is 10.1. The van der Waals surface area contributed by atoms with Crippen molar-refractivity contribution in [1.82, 2.24) is 14.5 Å². The van der Waals surface area contributed by atoms with Gasteiger partial charge in [0.1, 0.15) is 6.33 Å². The number of imidazole rings is 1. The number of para-hydroxylation sites is 2. The normalized spacial score (nSPS) is 14.0. The van der Waals surface area contributed by atoms with Crippen LogP contribution in [0.1, 0.15) is 53.4 Å². The summed E-state index contributed by atoms with van der Waals surface area (Å²) < 4.78 is 1.69. The Hall–Kier alpha value is -1.84. The highest BCUT2D eigenvalue weighted by atomic mass is 16.2. The Morgan fingerprint density at radius 2 is 1.73 bits per heavy atom. The zero-order valence-electron chi connectivity index (χ0n) is 14.1. The van der Waals surface area contributed by atoms with E-state index < -0.39 is 0 Å². The maximum Gasteiger partial charge on any atom is 0.330 e. The molecule has 2 unspecified atom stereocenters. The van der Waals surface area contributed by atoms with Crippen LogP contribution in [0.3, 0.4) is 0 Å². The number of fused-ring (bicyclic) bond motifs is 1. The molecule has 2 atom stereocenters. The highest BCUT2D eigenvalue weighted by Gasteiger charge is 2.26. The van der Waals surface area contributed by atoms with Crippen LogP contribution in [-0.4, -0.2) is 32.6 Å². The Morgan fingerprint density at radius 1 is 1.14 bits per heavy atom. The highest BCUT2D eigenvalue weighted by molar-refractivity contribution is 5.89. The van der Waals surface area contributed by atoms with Crippen molar-refractivity contribution in [2.45, 2.75) is 65.5 Å². The number of amides is 1. The minimum atomic E-state index is 0.0376. The summed E-state index contributed by atoms with van der Waals surface area (Å²) in [5.41, 5.74) is 1.74. The molecule has 4 nitrogen and oxygen atoms in total. The van der Waals surface area contributed by atoms with Crippen molar-refractivity contribution in [3.63, 3.8) is 0 Å². The van der Waals surface area contributed by atoms with Gasteiger partial charge in [0.05, 0.1) is 11.0 Å². The number of nitrogens with zero attached hydrogens (tertiary/aromatic N) is 3. The largest absolute Gasteiger partial charge is 0.330 e. The molecule has 0 aliphatic rings. The van der Waals surface area contributed by atoms with Gasteiger partial charge in [0.15, 0.2) is 0 Å². The summed E-state index contributed by atoms with van der Waals surface area (Å²) in [6.45, 7) is 8.62. The van der Waals surface area contributed by atoms with Crippen LogP contribution in [0.5, 0.6) is 0 Å². The molecule has 0 bridgehead atoms. The van der Waals surface area contributed by atoms with E-state index in [0.717, 1.165) is 36.7 Å². The Kier molecular flexibility index (Phi) is 5.58. The van der Waals surface area contributed by atoms with E-state index in [1.165, 1.54) is 0 Å². The van der Waals surface area contributed by atoms with Gasteiger partial charge in [0, 0.05) is 12.1 Å². The van der Waals surface area contributed by atoms with Crippen LogP contribution in [0.4, 0.5) is 4.79 Å². The lowest BCUT2D eigenvalue weighted by molar-refractivity contribution is 0.148. The van der Waals surface area contributed by atoms with Gasteiger partial charge in [-0.3, -0.25) is 4.57 Å². The van der Waals surface area contributed by atoms with Crippen LogP contribution in [0.2, 0.25) is 0 Å². The molecule has 22 heavy (non-hydrogen) atoms. The van der Waals surface area contributed by atoms with Crippen molar-refractivity contribution < 1.29 is 4.79 Å². The molecule has 2 rings (SSSR count). The molecule has 0 spiro atoms. The Balaban J connectivity index is 2.35. The van der Waals surface area contributed by atoms with Crippen molar-refractivity contribution in [1.29, 1.82) is 0 Å². The van der Waals surface area contributed by atoms with Gasteiger partial charge < -0.3 is 4.90 Å². The topological polar surface area (TPSA) is 38.1 Å². The molecule has 4 heteroatoms. The fourth-order valence-electron chi connectivity index (χ4n) is 3.16. The number of carbonyl (C=O) groups is 1. The maximum absolute atomic E-state index is 13.1. The zero-order chi connectivity index (χ0) is 16.1. The monoisotopic (exact) mass is 301 g/mol. The Bertz CT molecular complexity index is 608. The van der Waals surface area contributed by atoms with E-state index in [0.29, 0.717) is 0 Å². The van der Waals surface area contributed by atoms with Gasteiger partial charge in [-0.2, -0.15) is 0 Å². The average Bonchev–Trinajstić information content (AvgIpc) is 2.92. The third-order valence-electron chi connectivity index (χ3n) is 4.24. The van der Waals surface area contributed by atoms with Crippen LogP contribution >= 0.6 is 0 Å². The van der Waals surface area contributed by atoms with E-state index in [-0.39, 0.29) is 18.1 Å². The number of rotatable bonds is 6. The smallest absolute Gasteiger partial charge is 0.319 e. The second-order valence-corrected chi connectivity index (χ2v) is 6.07. The molecule has 2 aromatic rings. The predicted octanol–water partition coefficient (Wildman–Crippen LogP) is 4.68. The van der Waals surface area contributed by atoms with Crippen molar-refractivity contribution in [2.24, 2.45) is 0 Å². The summed E-state index contributed by atoms with van der Waals surface area (Å²) in [7, 11) is 0. The molecule has 120 valence electrons. The molecule has 0 radical (unpaired) electrons. The molecule has 1 heterocycles. The molecule has 0 fully saturated rings. The quantitative estimate of drug-likeness (QED) is 0.776. The molecule has 0 aliphatic heterocycles. The summed E-state index contributed by atoms with van der Waals surface area (Å²) in [5.74, 6) is 0.